The lowest BCUT2D eigenvalue weighted by Crippen LogP contribution is -2.17. The molecule has 0 amide bonds. The summed E-state index contributed by atoms with van der Waals surface area (Å²) in [6.07, 6.45) is 2.70. The second-order valence-electron chi connectivity index (χ2n) is 5.02. The van der Waals surface area contributed by atoms with E-state index in [-0.39, 0.29) is 12.3 Å². The minimum absolute atomic E-state index is 0.0160. The molecule has 1 unspecified atom stereocenters. The predicted octanol–water partition coefficient (Wildman–Crippen LogP) is 2.26. The molecule has 5 heteroatoms. The number of aromatic amines is 1. The zero-order valence-corrected chi connectivity index (χ0v) is 11.2. The van der Waals surface area contributed by atoms with E-state index >= 15 is 0 Å². The number of rotatable bonds is 3. The molecule has 0 fully saturated rings. The second kappa shape index (κ2) is 5.00. The van der Waals surface area contributed by atoms with Crippen LogP contribution in [0.15, 0.2) is 24.4 Å². The Balaban J connectivity index is 2.02. The van der Waals surface area contributed by atoms with Gasteiger partial charge in [0.2, 0.25) is 0 Å². The maximum absolute atomic E-state index is 10.9. The third kappa shape index (κ3) is 2.27. The standard InChI is InChI=1S/C15H16N2O3/c1-9-16-8-13(17-9)11-5-6-20-15-10(7-14(18)19)3-2-4-12(11)15/h2-4,8,11H,5-7H2,1H3,(H,16,17)(H,18,19). The van der Waals surface area contributed by atoms with Gasteiger partial charge in [0.25, 0.3) is 0 Å². The summed E-state index contributed by atoms with van der Waals surface area (Å²) in [5, 5.41) is 8.98. The number of carbonyl (C=O) groups is 1. The number of H-pyrrole nitrogens is 1. The molecule has 0 aliphatic carbocycles. The molecule has 0 saturated heterocycles. The number of carboxylic acid groups (broad SMARTS) is 1. The first-order valence-corrected chi connectivity index (χ1v) is 6.63. The van der Waals surface area contributed by atoms with Crippen molar-refractivity contribution in [3.8, 4) is 5.75 Å². The van der Waals surface area contributed by atoms with Crippen LogP contribution in [0.4, 0.5) is 0 Å². The Bertz CT molecular complexity index is 648. The Hall–Kier alpha value is -2.30. The van der Waals surface area contributed by atoms with E-state index in [9.17, 15) is 4.79 Å². The van der Waals surface area contributed by atoms with Crippen molar-refractivity contribution >= 4 is 5.97 Å². The summed E-state index contributed by atoms with van der Waals surface area (Å²) in [6, 6.07) is 5.70. The number of fused-ring (bicyclic) bond motifs is 1. The molecule has 0 bridgehead atoms. The molecule has 2 aromatic rings. The molecule has 1 aliphatic heterocycles. The number of nitrogens with one attached hydrogen (secondary N) is 1. The third-order valence-corrected chi connectivity index (χ3v) is 3.59. The minimum Gasteiger partial charge on any atom is -0.493 e. The molecule has 1 aromatic heterocycles. The van der Waals surface area contributed by atoms with Crippen molar-refractivity contribution in [1.29, 1.82) is 0 Å². The fourth-order valence-corrected chi connectivity index (χ4v) is 2.73. The summed E-state index contributed by atoms with van der Waals surface area (Å²) in [4.78, 5) is 18.4. The number of aromatic nitrogens is 2. The predicted molar refractivity (Wildman–Crippen MR) is 73.1 cm³/mol. The molecule has 1 aliphatic rings. The van der Waals surface area contributed by atoms with Crippen molar-refractivity contribution in [2.24, 2.45) is 0 Å². The Morgan fingerprint density at radius 2 is 2.40 bits per heavy atom. The number of imidazole rings is 1. The fraction of sp³-hybridized carbons (Fsp3) is 0.333. The highest BCUT2D eigenvalue weighted by Crippen LogP contribution is 2.39. The van der Waals surface area contributed by atoms with E-state index in [1.54, 1.807) is 0 Å². The van der Waals surface area contributed by atoms with Gasteiger partial charge in [0, 0.05) is 28.9 Å². The summed E-state index contributed by atoms with van der Waals surface area (Å²) >= 11 is 0. The maximum Gasteiger partial charge on any atom is 0.307 e. The third-order valence-electron chi connectivity index (χ3n) is 3.59. The van der Waals surface area contributed by atoms with Crippen LogP contribution >= 0.6 is 0 Å². The lowest BCUT2D eigenvalue weighted by atomic mass is 9.88. The quantitative estimate of drug-likeness (QED) is 0.898. The van der Waals surface area contributed by atoms with E-state index in [4.69, 9.17) is 9.84 Å². The first-order chi connectivity index (χ1) is 9.65. The van der Waals surface area contributed by atoms with Gasteiger partial charge in [-0.05, 0) is 13.3 Å². The average molecular weight is 272 g/mol. The lowest BCUT2D eigenvalue weighted by molar-refractivity contribution is -0.136. The van der Waals surface area contributed by atoms with E-state index < -0.39 is 5.97 Å². The zero-order chi connectivity index (χ0) is 14.1. The SMILES string of the molecule is Cc1ncc(C2CCOc3c(CC(=O)O)cccc32)[nH]1. The van der Waals surface area contributed by atoms with Crippen molar-refractivity contribution < 1.29 is 14.6 Å². The van der Waals surface area contributed by atoms with E-state index in [2.05, 4.69) is 9.97 Å². The van der Waals surface area contributed by atoms with Crippen molar-refractivity contribution in [2.45, 2.75) is 25.7 Å². The van der Waals surface area contributed by atoms with Crippen LogP contribution in [0, 0.1) is 6.92 Å². The Kier molecular flexibility index (Phi) is 3.18. The van der Waals surface area contributed by atoms with Crippen LogP contribution in [0.3, 0.4) is 0 Å². The Morgan fingerprint density at radius 3 is 3.10 bits per heavy atom. The second-order valence-corrected chi connectivity index (χ2v) is 5.02. The maximum atomic E-state index is 10.9. The fourth-order valence-electron chi connectivity index (χ4n) is 2.73. The summed E-state index contributed by atoms with van der Waals surface area (Å²) in [5.74, 6) is 0.948. The molecule has 0 radical (unpaired) electrons. The van der Waals surface area contributed by atoms with E-state index in [0.717, 1.165) is 34.8 Å². The van der Waals surface area contributed by atoms with Crippen molar-refractivity contribution in [2.75, 3.05) is 6.61 Å². The van der Waals surface area contributed by atoms with E-state index in [0.29, 0.717) is 6.61 Å². The minimum atomic E-state index is -0.846. The molecule has 5 nitrogen and oxygen atoms in total. The molecular weight excluding hydrogens is 256 g/mol. The van der Waals surface area contributed by atoms with Crippen LogP contribution < -0.4 is 4.74 Å². The molecule has 1 aromatic carbocycles. The van der Waals surface area contributed by atoms with Crippen LogP contribution in [-0.4, -0.2) is 27.7 Å². The number of aliphatic carboxylic acids is 1. The number of para-hydroxylation sites is 1. The zero-order valence-electron chi connectivity index (χ0n) is 11.2. The first-order valence-electron chi connectivity index (χ1n) is 6.63. The molecule has 0 saturated carbocycles. The topological polar surface area (TPSA) is 75.2 Å². The monoisotopic (exact) mass is 272 g/mol. The van der Waals surface area contributed by atoms with Crippen molar-refractivity contribution in [1.82, 2.24) is 9.97 Å². The molecule has 2 heterocycles. The summed E-state index contributed by atoms with van der Waals surface area (Å²) in [6.45, 7) is 2.51. The van der Waals surface area contributed by atoms with Crippen LogP contribution in [-0.2, 0) is 11.2 Å². The average Bonchev–Trinajstić information content (AvgIpc) is 2.84. The molecule has 104 valence electrons. The number of carboxylic acids is 1. The van der Waals surface area contributed by atoms with Gasteiger partial charge in [0.05, 0.1) is 13.0 Å². The molecular formula is C15H16N2O3. The number of aryl methyl sites for hydroxylation is 1. The van der Waals surface area contributed by atoms with Gasteiger partial charge in [-0.1, -0.05) is 18.2 Å². The number of hydrogen-bond donors (Lipinski definition) is 2. The van der Waals surface area contributed by atoms with Gasteiger partial charge in [-0.2, -0.15) is 0 Å². The first kappa shape index (κ1) is 12.7. The van der Waals surface area contributed by atoms with Gasteiger partial charge in [-0.25, -0.2) is 4.98 Å². The molecule has 20 heavy (non-hydrogen) atoms. The largest absolute Gasteiger partial charge is 0.493 e. The van der Waals surface area contributed by atoms with Crippen LogP contribution in [0.1, 0.15) is 35.0 Å². The summed E-state index contributed by atoms with van der Waals surface area (Å²) in [7, 11) is 0. The molecule has 3 rings (SSSR count). The van der Waals surface area contributed by atoms with E-state index in [1.165, 1.54) is 0 Å². The van der Waals surface area contributed by atoms with Gasteiger partial charge in [0.1, 0.15) is 11.6 Å². The van der Waals surface area contributed by atoms with Gasteiger partial charge in [-0.3, -0.25) is 4.79 Å². The highest BCUT2D eigenvalue weighted by atomic mass is 16.5. The Labute approximate surface area is 116 Å². The van der Waals surface area contributed by atoms with Crippen molar-refractivity contribution in [3.63, 3.8) is 0 Å². The number of nitrogens with zero attached hydrogens (tertiary/aromatic N) is 1. The Morgan fingerprint density at radius 1 is 1.55 bits per heavy atom. The van der Waals surface area contributed by atoms with Crippen LogP contribution in [0.2, 0.25) is 0 Å². The normalized spacial score (nSPS) is 17.4. The van der Waals surface area contributed by atoms with Crippen LogP contribution in [0.25, 0.3) is 0 Å². The highest BCUT2D eigenvalue weighted by molar-refractivity contribution is 5.72. The molecule has 1 atom stereocenters. The van der Waals surface area contributed by atoms with Gasteiger partial charge in [0.15, 0.2) is 0 Å². The van der Waals surface area contributed by atoms with Crippen LogP contribution in [0.5, 0.6) is 5.75 Å². The summed E-state index contributed by atoms with van der Waals surface area (Å²) in [5.41, 5.74) is 2.83. The number of hydrogen-bond acceptors (Lipinski definition) is 3. The lowest BCUT2D eigenvalue weighted by Gasteiger charge is -2.26. The number of benzene rings is 1. The smallest absolute Gasteiger partial charge is 0.307 e. The van der Waals surface area contributed by atoms with Gasteiger partial charge < -0.3 is 14.8 Å². The van der Waals surface area contributed by atoms with Crippen molar-refractivity contribution in [3.05, 3.63) is 47.0 Å². The van der Waals surface area contributed by atoms with Gasteiger partial charge in [-0.15, -0.1) is 0 Å². The van der Waals surface area contributed by atoms with Gasteiger partial charge >= 0.3 is 5.97 Å². The van der Waals surface area contributed by atoms with E-state index in [1.807, 2.05) is 31.3 Å². The molecule has 0 spiro atoms. The number of ether oxygens (including phenoxy) is 1. The summed E-state index contributed by atoms with van der Waals surface area (Å²) < 4.78 is 5.72. The molecule has 2 N–H and O–H groups in total. The highest BCUT2D eigenvalue weighted by Gasteiger charge is 2.26.